The lowest BCUT2D eigenvalue weighted by atomic mass is 10.1. The molecule has 0 aliphatic heterocycles. The van der Waals surface area contributed by atoms with Crippen LogP contribution in [0.2, 0.25) is 5.02 Å². The summed E-state index contributed by atoms with van der Waals surface area (Å²) in [4.78, 5) is 27.2. The summed E-state index contributed by atoms with van der Waals surface area (Å²) in [6.07, 6.45) is 3.08. The van der Waals surface area contributed by atoms with Crippen molar-refractivity contribution in [3.63, 3.8) is 0 Å². The SMILES string of the molecule is O=c1c2ncn(-c3ccccc3)c2nc(-c2ccc(-c3ncn[nH]3)cc2)n1-c1ccc(Cl)cc1. The summed E-state index contributed by atoms with van der Waals surface area (Å²) in [6.45, 7) is 0. The number of para-hydroxylation sites is 1. The highest BCUT2D eigenvalue weighted by molar-refractivity contribution is 6.30. The number of nitrogens with one attached hydrogen (secondary N) is 1. The third-order valence-electron chi connectivity index (χ3n) is 5.52. The van der Waals surface area contributed by atoms with E-state index in [1.54, 1.807) is 35.2 Å². The summed E-state index contributed by atoms with van der Waals surface area (Å²) in [5.74, 6) is 1.15. The molecule has 0 aliphatic rings. The van der Waals surface area contributed by atoms with Crippen LogP contribution in [0, 0.1) is 0 Å². The van der Waals surface area contributed by atoms with Gasteiger partial charge < -0.3 is 0 Å². The fraction of sp³-hybridized carbons (Fsp3) is 0. The van der Waals surface area contributed by atoms with Gasteiger partial charge in [0, 0.05) is 21.8 Å². The van der Waals surface area contributed by atoms with Crippen molar-refractivity contribution in [3.05, 3.63) is 107 Å². The van der Waals surface area contributed by atoms with Crippen LogP contribution in [0.25, 0.3) is 45.3 Å². The molecule has 9 heteroatoms. The van der Waals surface area contributed by atoms with E-state index in [1.807, 2.05) is 59.2 Å². The van der Waals surface area contributed by atoms with Gasteiger partial charge in [0.1, 0.15) is 18.5 Å². The Morgan fingerprint density at radius 1 is 0.794 bits per heavy atom. The van der Waals surface area contributed by atoms with Crippen molar-refractivity contribution in [2.45, 2.75) is 0 Å². The number of nitrogens with zero attached hydrogens (tertiary/aromatic N) is 6. The van der Waals surface area contributed by atoms with Gasteiger partial charge in [-0.3, -0.25) is 19.0 Å². The number of aromatic nitrogens is 7. The van der Waals surface area contributed by atoms with Crippen LogP contribution >= 0.6 is 11.6 Å². The molecule has 0 saturated carbocycles. The molecule has 0 radical (unpaired) electrons. The van der Waals surface area contributed by atoms with Crippen molar-refractivity contribution >= 4 is 22.8 Å². The number of fused-ring (bicyclic) bond motifs is 1. The van der Waals surface area contributed by atoms with Crippen LogP contribution in [0.3, 0.4) is 0 Å². The second kappa shape index (κ2) is 8.09. The van der Waals surface area contributed by atoms with Crippen LogP contribution < -0.4 is 5.56 Å². The zero-order valence-electron chi connectivity index (χ0n) is 17.6. The Balaban J connectivity index is 1.61. The molecule has 34 heavy (non-hydrogen) atoms. The minimum absolute atomic E-state index is 0.267. The smallest absolute Gasteiger partial charge is 0.283 e. The van der Waals surface area contributed by atoms with Gasteiger partial charge in [-0.1, -0.05) is 54.1 Å². The maximum Gasteiger partial charge on any atom is 0.286 e. The maximum absolute atomic E-state index is 13.7. The number of hydrogen-bond donors (Lipinski definition) is 1. The molecule has 3 heterocycles. The quantitative estimate of drug-likeness (QED) is 0.408. The predicted molar refractivity (Wildman–Crippen MR) is 130 cm³/mol. The van der Waals surface area contributed by atoms with Gasteiger partial charge in [-0.2, -0.15) is 5.10 Å². The van der Waals surface area contributed by atoms with Crippen LogP contribution in [0.4, 0.5) is 0 Å². The van der Waals surface area contributed by atoms with Crippen molar-refractivity contribution < 1.29 is 0 Å². The summed E-state index contributed by atoms with van der Waals surface area (Å²) in [5, 5.41) is 7.34. The van der Waals surface area contributed by atoms with Gasteiger partial charge in [-0.15, -0.1) is 0 Å². The Labute approximate surface area is 198 Å². The Bertz CT molecular complexity index is 1650. The zero-order valence-corrected chi connectivity index (χ0v) is 18.4. The minimum Gasteiger partial charge on any atom is -0.283 e. The maximum atomic E-state index is 13.7. The van der Waals surface area contributed by atoms with Crippen LogP contribution in [0.5, 0.6) is 0 Å². The Morgan fingerprint density at radius 3 is 2.24 bits per heavy atom. The van der Waals surface area contributed by atoms with Crippen LogP contribution in [0.15, 0.2) is 96.3 Å². The number of aromatic amines is 1. The van der Waals surface area contributed by atoms with Crippen molar-refractivity contribution in [3.8, 4) is 34.2 Å². The molecule has 0 amide bonds. The molecule has 3 aromatic carbocycles. The van der Waals surface area contributed by atoms with Crippen molar-refractivity contribution in [1.82, 2.24) is 34.3 Å². The lowest BCUT2D eigenvalue weighted by Crippen LogP contribution is -2.22. The van der Waals surface area contributed by atoms with Gasteiger partial charge in [0.05, 0.1) is 5.69 Å². The molecule has 0 aliphatic carbocycles. The molecule has 0 fully saturated rings. The number of imidazole rings is 1. The molecule has 1 N–H and O–H groups in total. The molecular formula is C25H16ClN7O. The first-order valence-corrected chi connectivity index (χ1v) is 10.8. The van der Waals surface area contributed by atoms with E-state index in [4.69, 9.17) is 16.6 Å². The van der Waals surface area contributed by atoms with Gasteiger partial charge in [-0.25, -0.2) is 15.0 Å². The highest BCUT2D eigenvalue weighted by atomic mass is 35.5. The molecule has 164 valence electrons. The molecular weight excluding hydrogens is 450 g/mol. The third-order valence-corrected chi connectivity index (χ3v) is 5.77. The van der Waals surface area contributed by atoms with E-state index >= 15 is 0 Å². The number of halogens is 1. The number of rotatable bonds is 4. The number of hydrogen-bond acceptors (Lipinski definition) is 5. The standard InChI is InChI=1S/C25H16ClN7O/c26-18-10-12-20(13-11-18)33-23(17-8-6-16(7-9-17)22-27-14-29-31-22)30-24-21(25(33)34)28-15-32(24)19-4-2-1-3-5-19/h1-15H,(H,27,29,31). The molecule has 6 aromatic rings. The summed E-state index contributed by atoms with van der Waals surface area (Å²) in [5.41, 5.74) is 3.64. The Hall–Kier alpha value is -4.56. The lowest BCUT2D eigenvalue weighted by Gasteiger charge is -2.14. The first-order chi connectivity index (χ1) is 16.7. The fourth-order valence-corrected chi connectivity index (χ4v) is 4.00. The summed E-state index contributed by atoms with van der Waals surface area (Å²) >= 11 is 6.10. The van der Waals surface area contributed by atoms with Gasteiger partial charge in [0.15, 0.2) is 17.0 Å². The highest BCUT2D eigenvalue weighted by Crippen LogP contribution is 2.26. The second-order valence-electron chi connectivity index (χ2n) is 7.59. The third kappa shape index (κ3) is 3.37. The Morgan fingerprint density at radius 2 is 1.53 bits per heavy atom. The average molecular weight is 466 g/mol. The van der Waals surface area contributed by atoms with Crippen molar-refractivity contribution in [2.75, 3.05) is 0 Å². The fourth-order valence-electron chi connectivity index (χ4n) is 3.87. The molecule has 0 atom stereocenters. The van der Waals surface area contributed by atoms with Gasteiger partial charge in [0.25, 0.3) is 5.56 Å². The topological polar surface area (TPSA) is 94.3 Å². The molecule has 0 spiro atoms. The van der Waals surface area contributed by atoms with E-state index in [0.29, 0.717) is 28.0 Å². The molecule has 0 unspecified atom stereocenters. The average Bonchev–Trinajstić information content (AvgIpc) is 3.56. The van der Waals surface area contributed by atoms with E-state index in [-0.39, 0.29) is 11.1 Å². The molecule has 3 aromatic heterocycles. The Kier molecular flexibility index (Phi) is 4.78. The lowest BCUT2D eigenvalue weighted by molar-refractivity contribution is 0.962. The number of H-pyrrole nitrogens is 1. The summed E-state index contributed by atoms with van der Waals surface area (Å²) < 4.78 is 3.37. The molecule has 8 nitrogen and oxygen atoms in total. The van der Waals surface area contributed by atoms with Crippen LogP contribution in [-0.2, 0) is 0 Å². The summed E-state index contributed by atoms with van der Waals surface area (Å²) in [6, 6.07) is 24.4. The normalized spacial score (nSPS) is 11.2. The highest BCUT2D eigenvalue weighted by Gasteiger charge is 2.19. The van der Waals surface area contributed by atoms with Crippen LogP contribution in [0.1, 0.15) is 0 Å². The predicted octanol–water partition coefficient (Wildman–Crippen LogP) is 4.68. The van der Waals surface area contributed by atoms with Gasteiger partial charge >= 0.3 is 0 Å². The largest absolute Gasteiger partial charge is 0.286 e. The minimum atomic E-state index is -0.267. The van der Waals surface area contributed by atoms with E-state index in [2.05, 4.69) is 20.2 Å². The zero-order chi connectivity index (χ0) is 23.1. The van der Waals surface area contributed by atoms with Crippen molar-refractivity contribution in [2.24, 2.45) is 0 Å². The van der Waals surface area contributed by atoms with Gasteiger partial charge in [-0.05, 0) is 36.4 Å². The second-order valence-corrected chi connectivity index (χ2v) is 8.02. The summed E-state index contributed by atoms with van der Waals surface area (Å²) in [7, 11) is 0. The number of benzene rings is 3. The molecule has 6 rings (SSSR count). The van der Waals surface area contributed by atoms with E-state index in [0.717, 1.165) is 16.8 Å². The van der Waals surface area contributed by atoms with Crippen LogP contribution in [-0.4, -0.2) is 34.3 Å². The van der Waals surface area contributed by atoms with E-state index < -0.39 is 0 Å². The molecule has 0 bridgehead atoms. The van der Waals surface area contributed by atoms with E-state index in [1.165, 1.54) is 6.33 Å². The van der Waals surface area contributed by atoms with E-state index in [9.17, 15) is 4.79 Å². The van der Waals surface area contributed by atoms with Crippen molar-refractivity contribution in [1.29, 1.82) is 0 Å². The first-order valence-electron chi connectivity index (χ1n) is 10.5. The van der Waals surface area contributed by atoms with Gasteiger partial charge in [0.2, 0.25) is 0 Å². The first kappa shape index (κ1) is 20.1. The monoisotopic (exact) mass is 465 g/mol. The molecule has 0 saturated heterocycles.